The molecule has 2 aliphatic carbocycles. The first-order valence-corrected chi connectivity index (χ1v) is 29.7. The first-order valence-electron chi connectivity index (χ1n) is 27.9. The topological polar surface area (TPSA) is 306 Å². The number of rotatable bonds is 22. The highest BCUT2D eigenvalue weighted by Crippen LogP contribution is 2.39. The van der Waals surface area contributed by atoms with Crippen LogP contribution in [0.3, 0.4) is 0 Å². The second kappa shape index (κ2) is 30.2. The van der Waals surface area contributed by atoms with Crippen LogP contribution in [0, 0.1) is 11.3 Å². The van der Waals surface area contributed by atoms with Gasteiger partial charge in [0, 0.05) is 48.7 Å². The monoisotopic (exact) mass is 1190 g/mol. The Hall–Kier alpha value is -6.76. The molecule has 27 heteroatoms. The number of morpholine rings is 2. The summed E-state index contributed by atoms with van der Waals surface area (Å²) in [4.78, 5) is 92.1. The zero-order chi connectivity index (χ0) is 61.4. The molecule has 2 aromatic rings. The van der Waals surface area contributed by atoms with E-state index in [9.17, 15) is 42.4 Å². The molecule has 2 N–H and O–H groups in total. The van der Waals surface area contributed by atoms with Crippen molar-refractivity contribution in [3.63, 3.8) is 0 Å². The van der Waals surface area contributed by atoms with Crippen molar-refractivity contribution < 1.29 is 79.3 Å². The van der Waals surface area contributed by atoms with Crippen molar-refractivity contribution >= 4 is 46.3 Å². The fraction of sp³-hybridized carbons (Fsp3) is 0.696. The van der Waals surface area contributed by atoms with Gasteiger partial charge in [0.2, 0.25) is 11.8 Å². The Morgan fingerprint density at radius 2 is 1.07 bits per heavy atom. The number of pyridine rings is 2. The van der Waals surface area contributed by atoms with E-state index in [-0.39, 0.29) is 69.1 Å². The molecule has 6 atom stereocenters. The third kappa shape index (κ3) is 21.7. The molecule has 4 aliphatic rings. The largest absolute Gasteiger partial charge is 0.481 e. The van der Waals surface area contributed by atoms with Crippen LogP contribution in [0.4, 0.5) is 19.2 Å². The van der Waals surface area contributed by atoms with Crippen molar-refractivity contribution in [1.82, 2.24) is 40.2 Å². The van der Waals surface area contributed by atoms with Crippen molar-refractivity contribution in [2.24, 2.45) is 0 Å². The number of ether oxygens (including phenoxy) is 8. The fourth-order valence-corrected chi connectivity index (χ4v) is 9.72. The zero-order valence-corrected chi connectivity index (χ0v) is 51.0. The lowest BCUT2D eigenvalue weighted by Crippen LogP contribution is -2.57. The summed E-state index contributed by atoms with van der Waals surface area (Å²) in [5.41, 5.74) is 1.71. The Bertz CT molecular complexity index is 2710. The molecule has 0 spiro atoms. The van der Waals surface area contributed by atoms with E-state index in [4.69, 9.17) is 32.6 Å². The van der Waals surface area contributed by atoms with Crippen molar-refractivity contribution in [3.8, 4) is 17.8 Å². The summed E-state index contributed by atoms with van der Waals surface area (Å²) in [7, 11) is 1.90. The van der Waals surface area contributed by atoms with E-state index in [1.165, 1.54) is 31.1 Å². The Labute approximate surface area is 487 Å². The summed E-state index contributed by atoms with van der Waals surface area (Å²) in [6, 6.07) is 8.84. The van der Waals surface area contributed by atoms with E-state index in [2.05, 4.69) is 36.1 Å². The van der Waals surface area contributed by atoms with Gasteiger partial charge >= 0.3 is 24.4 Å². The summed E-state index contributed by atoms with van der Waals surface area (Å²) >= 11 is 0. The molecule has 4 heterocycles. The number of methoxy groups -OCH3 is 4. The maximum atomic E-state index is 14.1. The van der Waals surface area contributed by atoms with Crippen LogP contribution in [0.1, 0.15) is 135 Å². The predicted octanol–water partition coefficient (Wildman–Crippen LogP) is 5.76. The van der Waals surface area contributed by atoms with Gasteiger partial charge in [0.25, 0.3) is 21.9 Å². The number of aryl methyl sites for hydroxylation is 2. The van der Waals surface area contributed by atoms with Gasteiger partial charge in [-0.3, -0.25) is 13.8 Å². The van der Waals surface area contributed by atoms with Gasteiger partial charge in [0.1, 0.15) is 17.3 Å². The van der Waals surface area contributed by atoms with E-state index in [0.29, 0.717) is 50.5 Å². The van der Waals surface area contributed by atoms with Crippen molar-refractivity contribution in [2.45, 2.75) is 173 Å². The van der Waals surface area contributed by atoms with E-state index in [0.717, 1.165) is 54.5 Å². The highest BCUT2D eigenvalue weighted by atomic mass is 32.2. The lowest BCUT2D eigenvalue weighted by molar-refractivity contribution is -0.161. The average Bonchev–Trinajstić information content (AvgIpc) is 4.28. The SMILES string of the molecule is COC(=O)NCCCc1cc([C@@H](C)N(C(=O)[C@H]2CN(C(=O)OC(C)(C)C)C[C@@H](CC#N)O2)C2CC2)cc(OC)n1.COC(=O)NCCCc1cc([C@@H](C)N(C(=O)[C@H]2CN(C(=O)OC(C)(C)C)C[C@@H](COS(C)(=O)=O)O2)C2CC2)cc(OC)n1. The zero-order valence-electron chi connectivity index (χ0n) is 50.2. The van der Waals surface area contributed by atoms with Gasteiger partial charge in [-0.15, -0.1) is 0 Å². The number of nitrogens with zero attached hydrogens (tertiary/aromatic N) is 7. The minimum Gasteiger partial charge on any atom is -0.481 e. The smallest absolute Gasteiger partial charge is 0.410 e. The maximum absolute atomic E-state index is 14.1. The molecule has 6 rings (SSSR count). The highest BCUT2D eigenvalue weighted by molar-refractivity contribution is 7.86. The summed E-state index contributed by atoms with van der Waals surface area (Å²) in [6.07, 6.45) is 1.13. The maximum Gasteiger partial charge on any atom is 0.410 e. The molecular weight excluding hydrogens is 1100 g/mol. The minimum atomic E-state index is -3.78. The molecule has 2 aliphatic heterocycles. The van der Waals surface area contributed by atoms with Crippen LogP contribution >= 0.6 is 0 Å². The normalized spacial score (nSPS) is 19.7. The Morgan fingerprint density at radius 3 is 1.42 bits per heavy atom. The average molecular weight is 1190 g/mol. The van der Waals surface area contributed by atoms with Gasteiger partial charge in [0.05, 0.1) is 98.2 Å². The summed E-state index contributed by atoms with van der Waals surface area (Å²) in [5.74, 6) is 0.270. The van der Waals surface area contributed by atoms with Gasteiger partial charge in [-0.1, -0.05) is 0 Å². The van der Waals surface area contributed by atoms with E-state index < -0.39 is 76.2 Å². The minimum absolute atomic E-state index is 0.00292. The number of alkyl carbamates (subject to hydrolysis) is 2. The third-order valence-corrected chi connectivity index (χ3v) is 14.0. The van der Waals surface area contributed by atoms with Crippen molar-refractivity contribution in [3.05, 3.63) is 46.8 Å². The fourth-order valence-electron chi connectivity index (χ4n) is 9.32. The van der Waals surface area contributed by atoms with Crippen LogP contribution in [-0.4, -0.2) is 202 Å². The Morgan fingerprint density at radius 1 is 0.675 bits per heavy atom. The van der Waals surface area contributed by atoms with Gasteiger partial charge in [0.15, 0.2) is 12.2 Å². The summed E-state index contributed by atoms with van der Waals surface area (Å²) in [6.45, 7) is 15.1. The molecule has 6 amide bonds. The number of nitrogens with one attached hydrogen (secondary N) is 2. The van der Waals surface area contributed by atoms with Crippen LogP contribution in [0.25, 0.3) is 0 Å². The molecular formula is C56H85N9O17S. The van der Waals surface area contributed by atoms with Gasteiger partial charge in [-0.2, -0.15) is 13.7 Å². The molecule has 0 aromatic carbocycles. The van der Waals surface area contributed by atoms with Crippen molar-refractivity contribution in [1.29, 1.82) is 5.26 Å². The van der Waals surface area contributed by atoms with E-state index in [1.807, 2.05) is 36.9 Å². The third-order valence-electron chi connectivity index (χ3n) is 13.5. The molecule has 0 unspecified atom stereocenters. The predicted molar refractivity (Wildman–Crippen MR) is 300 cm³/mol. The second-order valence-corrected chi connectivity index (χ2v) is 24.5. The molecule has 83 heavy (non-hydrogen) atoms. The highest BCUT2D eigenvalue weighted by Gasteiger charge is 2.46. The molecule has 2 saturated carbocycles. The van der Waals surface area contributed by atoms with Crippen LogP contribution in [-0.2, 0) is 65.2 Å². The number of hydrogen-bond acceptors (Lipinski definition) is 20. The molecule has 0 bridgehead atoms. The molecule has 4 fully saturated rings. The van der Waals surface area contributed by atoms with Crippen LogP contribution in [0.2, 0.25) is 0 Å². The first kappa shape index (κ1) is 67.0. The van der Waals surface area contributed by atoms with Crippen molar-refractivity contribution in [2.75, 3.05) is 80.6 Å². The lowest BCUT2D eigenvalue weighted by atomic mass is 10.0. The molecule has 26 nitrogen and oxygen atoms in total. The van der Waals surface area contributed by atoms with E-state index in [1.54, 1.807) is 59.6 Å². The summed E-state index contributed by atoms with van der Waals surface area (Å²) < 4.78 is 71.5. The van der Waals surface area contributed by atoms with Gasteiger partial charge in [-0.05, 0) is 130 Å². The molecule has 462 valence electrons. The second-order valence-electron chi connectivity index (χ2n) is 22.8. The van der Waals surface area contributed by atoms with E-state index >= 15 is 0 Å². The number of hydrogen-bond donors (Lipinski definition) is 2. The number of amides is 6. The molecule has 2 aromatic heterocycles. The number of carbonyl (C=O) groups excluding carboxylic acids is 6. The number of aromatic nitrogens is 2. The number of nitriles is 1. The standard InChI is InChI=1S/C28H41N5O7.C28H44N4O10S/c1-18(19-14-20(31-24(15-19)37-5)8-7-13-30-26(35)38-6)33(21-9-10-21)25(34)23-17-32(16-22(39-23)11-12-29)27(36)40-28(2,3)4;1-18(19-13-20(30-24(14-19)38-5)9-8-12-29-26(34)39-6)32(21-10-11-21)25(33)23-16-31(27(35)42-28(2,3)4)15-22(41-23)17-40-43(7,36)37/h14-15,18,21-23H,7-11,13,16-17H2,1-6H3,(H,30,35);13-14,18,21-23H,8-12,15-17H2,1-7H3,(H,29,34)/t18-,22-,23-;18-,22+,23-/m11/s1. The quantitative estimate of drug-likeness (QED) is 0.0804. The van der Waals surface area contributed by atoms with Crippen LogP contribution in [0.15, 0.2) is 24.3 Å². The Kier molecular flexibility index (Phi) is 24.4. The van der Waals surface area contributed by atoms with Crippen LogP contribution < -0.4 is 20.1 Å². The molecule has 2 saturated heterocycles. The first-order chi connectivity index (χ1) is 39.0. The van der Waals surface area contributed by atoms with Gasteiger partial charge < -0.3 is 68.1 Å². The van der Waals surface area contributed by atoms with Crippen LogP contribution in [0.5, 0.6) is 11.8 Å². The number of carbonyl (C=O) groups is 6. The molecule has 0 radical (unpaired) electrons. The Balaban J connectivity index is 0.000000305. The lowest BCUT2D eigenvalue weighted by Gasteiger charge is -2.40. The van der Waals surface area contributed by atoms with Gasteiger partial charge in [-0.25, -0.2) is 29.1 Å². The summed E-state index contributed by atoms with van der Waals surface area (Å²) in [5, 5.41) is 14.6.